The smallest absolute Gasteiger partial charge is 0.358 e. The van der Waals surface area contributed by atoms with Crippen molar-refractivity contribution in [1.29, 1.82) is 0 Å². The molecule has 0 aliphatic heterocycles. The number of nitrogens with zero attached hydrogens (tertiary/aromatic N) is 4. The van der Waals surface area contributed by atoms with Gasteiger partial charge in [0.1, 0.15) is 0 Å². The summed E-state index contributed by atoms with van der Waals surface area (Å²) in [6, 6.07) is 0. The lowest BCUT2D eigenvalue weighted by Crippen LogP contribution is -2.17. The van der Waals surface area contributed by atoms with Crippen LogP contribution in [0.2, 0.25) is 0 Å². The van der Waals surface area contributed by atoms with Crippen molar-refractivity contribution in [1.82, 2.24) is 20.0 Å². The van der Waals surface area contributed by atoms with E-state index in [2.05, 4.69) is 15.3 Å². The first kappa shape index (κ1) is 12.9. The molecule has 2 heterocycles. The summed E-state index contributed by atoms with van der Waals surface area (Å²) in [6.07, 6.45) is 7.66. The van der Waals surface area contributed by atoms with Crippen molar-refractivity contribution in [3.05, 3.63) is 22.0 Å². The molecule has 1 saturated carbocycles. The summed E-state index contributed by atoms with van der Waals surface area (Å²) < 4.78 is 1.68. The van der Waals surface area contributed by atoms with Crippen LogP contribution in [-0.2, 0) is 12.8 Å². The second kappa shape index (κ2) is 4.91. The predicted molar refractivity (Wildman–Crippen MR) is 77.2 cm³/mol. The van der Waals surface area contributed by atoms with E-state index < -0.39 is 5.97 Å². The van der Waals surface area contributed by atoms with E-state index in [4.69, 9.17) is 0 Å². The van der Waals surface area contributed by atoms with Gasteiger partial charge in [0.15, 0.2) is 5.69 Å². The highest BCUT2D eigenvalue weighted by Gasteiger charge is 2.32. The molecule has 110 valence electrons. The van der Waals surface area contributed by atoms with Crippen molar-refractivity contribution < 1.29 is 9.90 Å². The standard InChI is InChI=1S/C14H16N4O2S/c19-13(20)11-12(8-4-3-5-8)18(17-16-11)14-15-9-6-1-2-7-10(9)21-14/h8H,1-7H2,(H,19,20). The molecule has 6 nitrogen and oxygen atoms in total. The normalized spacial score (nSPS) is 18.3. The van der Waals surface area contributed by atoms with E-state index in [1.165, 1.54) is 17.7 Å². The molecule has 1 N–H and O–H groups in total. The van der Waals surface area contributed by atoms with Crippen LogP contribution in [0.4, 0.5) is 0 Å². The minimum atomic E-state index is -0.996. The highest BCUT2D eigenvalue weighted by molar-refractivity contribution is 7.14. The van der Waals surface area contributed by atoms with E-state index in [0.717, 1.165) is 48.6 Å². The van der Waals surface area contributed by atoms with Crippen molar-refractivity contribution >= 4 is 17.3 Å². The third kappa shape index (κ3) is 2.07. The van der Waals surface area contributed by atoms with Gasteiger partial charge in [-0.1, -0.05) is 23.0 Å². The molecule has 0 bridgehead atoms. The van der Waals surface area contributed by atoms with Crippen molar-refractivity contribution in [3.8, 4) is 5.13 Å². The van der Waals surface area contributed by atoms with Gasteiger partial charge in [-0.25, -0.2) is 9.78 Å². The molecule has 21 heavy (non-hydrogen) atoms. The SMILES string of the molecule is O=C(O)c1nnn(-c2nc3c(s2)CCCC3)c1C1CCC1. The van der Waals surface area contributed by atoms with Gasteiger partial charge in [-0.3, -0.25) is 0 Å². The molecule has 0 spiro atoms. The van der Waals surface area contributed by atoms with E-state index in [9.17, 15) is 9.90 Å². The summed E-state index contributed by atoms with van der Waals surface area (Å²) in [5, 5.41) is 18.1. The molecule has 7 heteroatoms. The number of aryl methyl sites for hydroxylation is 2. The minimum Gasteiger partial charge on any atom is -0.476 e. The topological polar surface area (TPSA) is 80.9 Å². The van der Waals surface area contributed by atoms with E-state index in [1.54, 1.807) is 16.0 Å². The summed E-state index contributed by atoms with van der Waals surface area (Å²) >= 11 is 1.64. The van der Waals surface area contributed by atoms with Crippen LogP contribution in [0, 0.1) is 0 Å². The predicted octanol–water partition coefficient (Wildman–Crippen LogP) is 2.57. The van der Waals surface area contributed by atoms with Gasteiger partial charge in [0, 0.05) is 10.8 Å². The molecule has 0 aromatic carbocycles. The number of thiazole rings is 1. The highest BCUT2D eigenvalue weighted by atomic mass is 32.1. The van der Waals surface area contributed by atoms with Crippen LogP contribution in [0.3, 0.4) is 0 Å². The van der Waals surface area contributed by atoms with Crippen LogP contribution in [0.15, 0.2) is 0 Å². The minimum absolute atomic E-state index is 0.0906. The Morgan fingerprint density at radius 3 is 2.71 bits per heavy atom. The van der Waals surface area contributed by atoms with Gasteiger partial charge in [0.25, 0.3) is 0 Å². The lowest BCUT2D eigenvalue weighted by atomic mass is 9.82. The van der Waals surface area contributed by atoms with Crippen LogP contribution < -0.4 is 0 Å². The first-order chi connectivity index (χ1) is 10.2. The Hall–Kier alpha value is -1.76. The second-order valence-electron chi connectivity index (χ2n) is 5.74. The number of hydrogen-bond acceptors (Lipinski definition) is 5. The zero-order chi connectivity index (χ0) is 14.4. The Morgan fingerprint density at radius 2 is 2.05 bits per heavy atom. The molecule has 2 aliphatic carbocycles. The summed E-state index contributed by atoms with van der Waals surface area (Å²) in [4.78, 5) is 17.4. The van der Waals surface area contributed by atoms with E-state index in [0.29, 0.717) is 0 Å². The van der Waals surface area contributed by atoms with E-state index >= 15 is 0 Å². The molecule has 1 fully saturated rings. The summed E-state index contributed by atoms with van der Waals surface area (Å²) in [6.45, 7) is 0. The van der Waals surface area contributed by atoms with Gasteiger partial charge in [0.05, 0.1) is 11.4 Å². The number of carboxylic acid groups (broad SMARTS) is 1. The number of rotatable bonds is 3. The third-order valence-electron chi connectivity index (χ3n) is 4.41. The molecular formula is C14H16N4O2S. The summed E-state index contributed by atoms with van der Waals surface area (Å²) in [5.41, 5.74) is 1.99. The molecule has 2 aliphatic rings. The Labute approximate surface area is 125 Å². The van der Waals surface area contributed by atoms with Gasteiger partial charge < -0.3 is 5.11 Å². The van der Waals surface area contributed by atoms with Crippen molar-refractivity contribution in [2.24, 2.45) is 0 Å². The van der Waals surface area contributed by atoms with Gasteiger partial charge in [-0.2, -0.15) is 4.68 Å². The Bertz CT molecular complexity index is 678. The Balaban J connectivity index is 1.80. The fourth-order valence-corrected chi connectivity index (χ4v) is 4.17. The van der Waals surface area contributed by atoms with Crippen molar-refractivity contribution in [3.63, 3.8) is 0 Å². The van der Waals surface area contributed by atoms with E-state index in [1.807, 2.05) is 0 Å². The third-order valence-corrected chi connectivity index (χ3v) is 5.55. The largest absolute Gasteiger partial charge is 0.476 e. The van der Waals surface area contributed by atoms with Gasteiger partial charge >= 0.3 is 5.97 Å². The van der Waals surface area contributed by atoms with Crippen molar-refractivity contribution in [2.75, 3.05) is 0 Å². The van der Waals surface area contributed by atoms with Gasteiger partial charge in [-0.05, 0) is 38.5 Å². The molecule has 0 radical (unpaired) electrons. The zero-order valence-corrected chi connectivity index (χ0v) is 12.4. The van der Waals surface area contributed by atoms with Crippen LogP contribution in [0.25, 0.3) is 5.13 Å². The fraction of sp³-hybridized carbons (Fsp3) is 0.571. The number of hydrogen-bond donors (Lipinski definition) is 1. The fourth-order valence-electron chi connectivity index (χ4n) is 3.06. The monoisotopic (exact) mass is 304 g/mol. The molecule has 4 rings (SSSR count). The number of aromatic nitrogens is 4. The number of carbonyl (C=O) groups is 1. The Kier molecular flexibility index (Phi) is 3.02. The van der Waals surface area contributed by atoms with Crippen LogP contribution in [-0.4, -0.2) is 31.1 Å². The average molecular weight is 304 g/mol. The molecule has 2 aromatic heterocycles. The molecule has 2 aromatic rings. The maximum Gasteiger partial charge on any atom is 0.358 e. The maximum absolute atomic E-state index is 11.4. The molecule has 0 saturated heterocycles. The second-order valence-corrected chi connectivity index (χ2v) is 6.80. The summed E-state index contributed by atoms with van der Waals surface area (Å²) in [7, 11) is 0. The molecule has 0 atom stereocenters. The number of aromatic carboxylic acids is 1. The number of fused-ring (bicyclic) bond motifs is 1. The first-order valence-corrected chi connectivity index (χ1v) is 8.23. The van der Waals surface area contributed by atoms with E-state index in [-0.39, 0.29) is 11.6 Å². The Morgan fingerprint density at radius 1 is 1.24 bits per heavy atom. The van der Waals surface area contributed by atoms with Gasteiger partial charge in [-0.15, -0.1) is 5.10 Å². The highest BCUT2D eigenvalue weighted by Crippen LogP contribution is 2.39. The maximum atomic E-state index is 11.4. The van der Waals surface area contributed by atoms with Crippen LogP contribution >= 0.6 is 11.3 Å². The quantitative estimate of drug-likeness (QED) is 0.942. The number of carboxylic acids is 1. The lowest BCUT2D eigenvalue weighted by Gasteiger charge is -2.25. The molecule has 0 amide bonds. The van der Waals surface area contributed by atoms with Gasteiger partial charge in [0.2, 0.25) is 5.13 Å². The first-order valence-electron chi connectivity index (χ1n) is 7.42. The average Bonchev–Trinajstić information content (AvgIpc) is 2.99. The van der Waals surface area contributed by atoms with Crippen LogP contribution in [0.1, 0.15) is 64.8 Å². The summed E-state index contributed by atoms with van der Waals surface area (Å²) in [5.74, 6) is -0.739. The van der Waals surface area contributed by atoms with Crippen molar-refractivity contribution in [2.45, 2.75) is 50.9 Å². The lowest BCUT2D eigenvalue weighted by molar-refractivity contribution is 0.0687. The zero-order valence-electron chi connectivity index (χ0n) is 11.6. The molecular weight excluding hydrogens is 288 g/mol. The molecule has 0 unspecified atom stereocenters. The van der Waals surface area contributed by atoms with Crippen LogP contribution in [0.5, 0.6) is 0 Å².